The summed E-state index contributed by atoms with van der Waals surface area (Å²) in [6.07, 6.45) is -2.00. The van der Waals surface area contributed by atoms with Crippen molar-refractivity contribution in [3.05, 3.63) is 29.3 Å². The second-order valence-electron chi connectivity index (χ2n) is 7.03. The second kappa shape index (κ2) is 8.40. The zero-order valence-electron chi connectivity index (χ0n) is 15.1. The van der Waals surface area contributed by atoms with Gasteiger partial charge in [0.1, 0.15) is 0 Å². The first kappa shape index (κ1) is 21.8. The van der Waals surface area contributed by atoms with Gasteiger partial charge >= 0.3 is 6.18 Å². The number of hydrogen-bond donors (Lipinski definition) is 2. The van der Waals surface area contributed by atoms with Crippen molar-refractivity contribution in [2.24, 2.45) is 0 Å². The van der Waals surface area contributed by atoms with E-state index in [4.69, 9.17) is 0 Å². The van der Waals surface area contributed by atoms with Crippen LogP contribution in [0.3, 0.4) is 0 Å². The van der Waals surface area contributed by atoms with Crippen molar-refractivity contribution in [3.63, 3.8) is 0 Å². The zero-order chi connectivity index (χ0) is 19.3. The Bertz CT molecular complexity index is 665. The van der Waals surface area contributed by atoms with Crippen LogP contribution < -0.4 is 10.0 Å². The van der Waals surface area contributed by atoms with Crippen molar-refractivity contribution >= 4 is 15.7 Å². The summed E-state index contributed by atoms with van der Waals surface area (Å²) >= 11 is 0. The molecule has 0 aliphatic rings. The number of hydrogen-bond acceptors (Lipinski definition) is 3. The highest BCUT2D eigenvalue weighted by Gasteiger charge is 2.30. The van der Waals surface area contributed by atoms with Crippen LogP contribution in [0.15, 0.2) is 18.2 Å². The lowest BCUT2D eigenvalue weighted by Crippen LogP contribution is -2.39. The maximum Gasteiger partial charge on any atom is 0.416 e. The van der Waals surface area contributed by atoms with Crippen LogP contribution in [-0.4, -0.2) is 26.3 Å². The monoisotopic (exact) mass is 380 g/mol. The van der Waals surface area contributed by atoms with Gasteiger partial charge in [-0.2, -0.15) is 13.2 Å². The molecule has 144 valence electrons. The van der Waals surface area contributed by atoms with E-state index in [0.717, 1.165) is 25.0 Å². The predicted molar refractivity (Wildman–Crippen MR) is 95.2 cm³/mol. The van der Waals surface area contributed by atoms with Gasteiger partial charge in [0.15, 0.2) is 0 Å². The van der Waals surface area contributed by atoms with Gasteiger partial charge in [-0.1, -0.05) is 6.42 Å². The molecular formula is C17H27F3N2O2S. The van der Waals surface area contributed by atoms with E-state index < -0.39 is 26.5 Å². The van der Waals surface area contributed by atoms with E-state index >= 15 is 0 Å². The van der Waals surface area contributed by atoms with Crippen LogP contribution in [0.5, 0.6) is 0 Å². The van der Waals surface area contributed by atoms with Gasteiger partial charge in [0.05, 0.1) is 10.3 Å². The van der Waals surface area contributed by atoms with Gasteiger partial charge in [-0.25, -0.2) is 13.1 Å². The Morgan fingerprint density at radius 3 is 2.12 bits per heavy atom. The average Bonchev–Trinajstić information content (AvgIpc) is 2.45. The maximum absolute atomic E-state index is 12.6. The van der Waals surface area contributed by atoms with Gasteiger partial charge in [0, 0.05) is 18.8 Å². The molecule has 0 aromatic heterocycles. The molecule has 25 heavy (non-hydrogen) atoms. The van der Waals surface area contributed by atoms with Crippen LogP contribution in [0.25, 0.3) is 0 Å². The van der Waals surface area contributed by atoms with Crippen LogP contribution in [0, 0.1) is 6.92 Å². The first-order chi connectivity index (χ1) is 11.3. The Kier molecular flexibility index (Phi) is 7.31. The largest absolute Gasteiger partial charge is 0.416 e. The summed E-state index contributed by atoms with van der Waals surface area (Å²) in [6.45, 7) is 7.58. The maximum atomic E-state index is 12.6. The van der Waals surface area contributed by atoms with Crippen LogP contribution in [0.1, 0.15) is 51.2 Å². The SMILES string of the molecule is Cc1cc(C(F)(F)F)ccc1NCCCCCNS(=O)(=O)C(C)(C)C. The van der Waals surface area contributed by atoms with E-state index in [2.05, 4.69) is 10.0 Å². The lowest BCUT2D eigenvalue weighted by Gasteiger charge is -2.19. The van der Waals surface area contributed by atoms with E-state index in [-0.39, 0.29) is 0 Å². The lowest BCUT2D eigenvalue weighted by atomic mass is 10.1. The summed E-state index contributed by atoms with van der Waals surface area (Å²) in [7, 11) is -3.31. The highest BCUT2D eigenvalue weighted by molar-refractivity contribution is 7.90. The van der Waals surface area contributed by atoms with Crippen molar-refractivity contribution in [1.82, 2.24) is 4.72 Å². The van der Waals surface area contributed by atoms with E-state index in [9.17, 15) is 21.6 Å². The molecule has 0 aliphatic heterocycles. The number of benzene rings is 1. The van der Waals surface area contributed by atoms with Gasteiger partial charge in [0.25, 0.3) is 0 Å². The number of aryl methyl sites for hydroxylation is 1. The van der Waals surface area contributed by atoms with Crippen molar-refractivity contribution in [1.29, 1.82) is 0 Å². The third kappa shape index (κ3) is 6.86. The van der Waals surface area contributed by atoms with E-state index in [1.807, 2.05) is 0 Å². The molecule has 2 N–H and O–H groups in total. The minimum absolute atomic E-state index is 0.388. The van der Waals surface area contributed by atoms with Gasteiger partial charge in [-0.15, -0.1) is 0 Å². The normalized spacial score (nSPS) is 13.1. The van der Waals surface area contributed by atoms with E-state index in [1.54, 1.807) is 27.7 Å². The molecule has 0 saturated carbocycles. The third-order valence-electron chi connectivity index (χ3n) is 3.82. The van der Waals surface area contributed by atoms with Crippen LogP contribution in [0.4, 0.5) is 18.9 Å². The van der Waals surface area contributed by atoms with Crippen LogP contribution in [-0.2, 0) is 16.2 Å². The molecule has 0 atom stereocenters. The first-order valence-corrected chi connectivity index (χ1v) is 9.74. The van der Waals surface area contributed by atoms with Crippen LogP contribution >= 0.6 is 0 Å². The molecule has 8 heteroatoms. The lowest BCUT2D eigenvalue weighted by molar-refractivity contribution is -0.137. The van der Waals surface area contributed by atoms with Gasteiger partial charge < -0.3 is 5.32 Å². The fourth-order valence-corrected chi connectivity index (χ4v) is 2.96. The number of halogens is 3. The minimum Gasteiger partial charge on any atom is -0.385 e. The molecule has 1 aromatic carbocycles. The summed E-state index contributed by atoms with van der Waals surface area (Å²) < 4.78 is 63.3. The Hall–Kier alpha value is -1.28. The Morgan fingerprint density at radius 2 is 1.60 bits per heavy atom. The number of anilines is 1. The highest BCUT2D eigenvalue weighted by atomic mass is 32.2. The quantitative estimate of drug-likeness (QED) is 0.661. The van der Waals surface area contributed by atoms with Gasteiger partial charge in [-0.05, 0) is 64.3 Å². The summed E-state index contributed by atoms with van der Waals surface area (Å²) in [5.41, 5.74) is 0.580. The molecule has 0 bridgehead atoms. The molecule has 0 spiro atoms. The molecule has 0 unspecified atom stereocenters. The fourth-order valence-electron chi connectivity index (χ4n) is 2.11. The van der Waals surface area contributed by atoms with Crippen molar-refractivity contribution in [2.45, 2.75) is 57.9 Å². The second-order valence-corrected chi connectivity index (χ2v) is 9.55. The number of nitrogens with one attached hydrogen (secondary N) is 2. The fraction of sp³-hybridized carbons (Fsp3) is 0.647. The molecule has 1 rings (SSSR count). The number of unbranched alkanes of at least 4 members (excludes halogenated alkanes) is 2. The van der Waals surface area contributed by atoms with E-state index in [1.165, 1.54) is 6.07 Å². The van der Waals surface area contributed by atoms with E-state index in [0.29, 0.717) is 30.8 Å². The molecule has 0 aliphatic carbocycles. The third-order valence-corrected chi connectivity index (χ3v) is 6.02. The van der Waals surface area contributed by atoms with Crippen molar-refractivity contribution in [3.8, 4) is 0 Å². The first-order valence-electron chi connectivity index (χ1n) is 8.25. The standard InChI is InChI=1S/C17H27F3N2O2S/c1-13-12-14(17(18,19)20)8-9-15(13)21-10-6-5-7-11-22-25(23,24)16(2,3)4/h8-9,12,21-22H,5-7,10-11H2,1-4H3. The molecule has 0 saturated heterocycles. The molecule has 0 radical (unpaired) electrons. The molecule has 1 aromatic rings. The Labute approximate surface area is 148 Å². The summed E-state index contributed by atoms with van der Waals surface area (Å²) in [5.74, 6) is 0. The number of sulfonamides is 1. The zero-order valence-corrected chi connectivity index (χ0v) is 15.9. The molecule has 4 nitrogen and oxygen atoms in total. The Morgan fingerprint density at radius 1 is 1.00 bits per heavy atom. The molecule has 0 fully saturated rings. The predicted octanol–water partition coefficient (Wildman–Crippen LogP) is 4.31. The van der Waals surface area contributed by atoms with Gasteiger partial charge in [-0.3, -0.25) is 0 Å². The topological polar surface area (TPSA) is 58.2 Å². The Balaban J connectivity index is 2.31. The summed E-state index contributed by atoms with van der Waals surface area (Å²) in [6, 6.07) is 3.63. The van der Waals surface area contributed by atoms with Crippen molar-refractivity contribution in [2.75, 3.05) is 18.4 Å². The summed E-state index contributed by atoms with van der Waals surface area (Å²) in [4.78, 5) is 0. The molecule has 0 amide bonds. The number of alkyl halides is 3. The van der Waals surface area contributed by atoms with Crippen molar-refractivity contribution < 1.29 is 21.6 Å². The number of rotatable bonds is 8. The van der Waals surface area contributed by atoms with Gasteiger partial charge in [0.2, 0.25) is 10.0 Å². The van der Waals surface area contributed by atoms with Crippen LogP contribution in [0.2, 0.25) is 0 Å². The average molecular weight is 380 g/mol. The summed E-state index contributed by atoms with van der Waals surface area (Å²) in [5, 5.41) is 3.12. The molecule has 0 heterocycles. The minimum atomic E-state index is -4.33. The smallest absolute Gasteiger partial charge is 0.385 e. The molecular weight excluding hydrogens is 353 g/mol. The highest BCUT2D eigenvalue weighted by Crippen LogP contribution is 2.31.